The minimum absolute atomic E-state index is 0.255. The van der Waals surface area contributed by atoms with Gasteiger partial charge in [0.15, 0.2) is 0 Å². The van der Waals surface area contributed by atoms with E-state index in [1.54, 1.807) is 0 Å². The summed E-state index contributed by atoms with van der Waals surface area (Å²) in [6, 6.07) is 0.357. The van der Waals surface area contributed by atoms with Crippen LogP contribution in [0, 0.1) is 0 Å². The minimum atomic E-state index is 0.255. The smallest absolute Gasteiger partial charge is 0.147 e. The number of anilines is 1. The van der Waals surface area contributed by atoms with Crippen LogP contribution in [0.5, 0.6) is 0 Å². The lowest BCUT2D eigenvalue weighted by molar-refractivity contribution is 0.0340. The van der Waals surface area contributed by atoms with Gasteiger partial charge in [-0.15, -0.1) is 0 Å². The van der Waals surface area contributed by atoms with E-state index in [0.29, 0.717) is 6.04 Å². The first-order chi connectivity index (χ1) is 8.20. The Balaban J connectivity index is 2.10. The van der Waals surface area contributed by atoms with E-state index in [9.17, 15) is 0 Å². The lowest BCUT2D eigenvalue weighted by atomic mass is 10.2. The number of nitrogens with one attached hydrogen (secondary N) is 1. The highest BCUT2D eigenvalue weighted by Gasteiger charge is 2.24. The molecule has 0 spiro atoms. The van der Waals surface area contributed by atoms with E-state index in [2.05, 4.69) is 34.0 Å². The molecule has 0 bridgehead atoms. The average molecular weight is 236 g/mol. The molecule has 2 atom stereocenters. The Kier molecular flexibility index (Phi) is 3.91. The fourth-order valence-electron chi connectivity index (χ4n) is 1.99. The lowest BCUT2D eigenvalue weighted by Crippen LogP contribution is -2.47. The second-order valence-electron chi connectivity index (χ2n) is 4.54. The first kappa shape index (κ1) is 12.3. The molecule has 5 nitrogen and oxygen atoms in total. The number of hydrogen-bond acceptors (Lipinski definition) is 5. The second kappa shape index (κ2) is 5.42. The van der Waals surface area contributed by atoms with Gasteiger partial charge in [0, 0.05) is 13.1 Å². The SMILES string of the molecule is CNCc1cnc(N2CC(C)OCC2C)cn1. The van der Waals surface area contributed by atoms with Crippen molar-refractivity contribution in [2.45, 2.75) is 32.5 Å². The third kappa shape index (κ3) is 2.92. The van der Waals surface area contributed by atoms with Gasteiger partial charge in [-0.1, -0.05) is 0 Å². The van der Waals surface area contributed by atoms with Crippen molar-refractivity contribution in [3.05, 3.63) is 18.1 Å². The summed E-state index contributed by atoms with van der Waals surface area (Å²) in [5, 5.41) is 3.06. The number of hydrogen-bond donors (Lipinski definition) is 1. The van der Waals surface area contributed by atoms with Gasteiger partial charge >= 0.3 is 0 Å². The highest BCUT2D eigenvalue weighted by atomic mass is 16.5. The highest BCUT2D eigenvalue weighted by Crippen LogP contribution is 2.18. The van der Waals surface area contributed by atoms with Crippen LogP contribution in [0.15, 0.2) is 12.4 Å². The van der Waals surface area contributed by atoms with Crippen molar-refractivity contribution in [3.63, 3.8) is 0 Å². The van der Waals surface area contributed by atoms with Gasteiger partial charge in [0.05, 0.1) is 36.8 Å². The third-order valence-corrected chi connectivity index (χ3v) is 2.95. The number of aromatic nitrogens is 2. The van der Waals surface area contributed by atoms with Gasteiger partial charge in [-0.2, -0.15) is 0 Å². The molecule has 1 aliphatic rings. The lowest BCUT2D eigenvalue weighted by Gasteiger charge is -2.37. The zero-order valence-corrected chi connectivity index (χ0v) is 10.7. The zero-order chi connectivity index (χ0) is 12.3. The van der Waals surface area contributed by atoms with Crippen molar-refractivity contribution >= 4 is 5.82 Å². The van der Waals surface area contributed by atoms with E-state index in [-0.39, 0.29) is 6.10 Å². The van der Waals surface area contributed by atoms with E-state index in [1.807, 2.05) is 19.4 Å². The standard InChI is InChI=1S/C12H20N4O/c1-9-8-17-10(2)7-16(9)12-6-14-11(4-13-3)5-15-12/h5-6,9-10,13H,4,7-8H2,1-3H3. The summed E-state index contributed by atoms with van der Waals surface area (Å²) in [6.07, 6.45) is 3.94. The van der Waals surface area contributed by atoms with Crippen LogP contribution in [-0.2, 0) is 11.3 Å². The predicted molar refractivity (Wildman–Crippen MR) is 67.0 cm³/mol. The van der Waals surface area contributed by atoms with Gasteiger partial charge in [-0.05, 0) is 20.9 Å². The molecule has 5 heteroatoms. The molecule has 1 aromatic rings. The third-order valence-electron chi connectivity index (χ3n) is 2.95. The zero-order valence-electron chi connectivity index (χ0n) is 10.7. The summed E-state index contributed by atoms with van der Waals surface area (Å²) in [4.78, 5) is 11.1. The molecule has 2 heterocycles. The van der Waals surface area contributed by atoms with Crippen LogP contribution in [0.25, 0.3) is 0 Å². The second-order valence-corrected chi connectivity index (χ2v) is 4.54. The van der Waals surface area contributed by atoms with Crippen LogP contribution in [0.2, 0.25) is 0 Å². The Morgan fingerprint density at radius 1 is 1.41 bits per heavy atom. The number of rotatable bonds is 3. The van der Waals surface area contributed by atoms with E-state index in [1.165, 1.54) is 0 Å². The number of morpholine rings is 1. The maximum absolute atomic E-state index is 5.60. The summed E-state index contributed by atoms with van der Waals surface area (Å²) in [5.74, 6) is 0.938. The minimum Gasteiger partial charge on any atom is -0.375 e. The number of nitrogens with zero attached hydrogens (tertiary/aromatic N) is 3. The average Bonchev–Trinajstić information content (AvgIpc) is 2.34. The molecule has 94 valence electrons. The molecule has 0 amide bonds. The van der Waals surface area contributed by atoms with Crippen LogP contribution in [0.1, 0.15) is 19.5 Å². The summed E-state index contributed by atoms with van der Waals surface area (Å²) < 4.78 is 5.60. The fraction of sp³-hybridized carbons (Fsp3) is 0.667. The largest absolute Gasteiger partial charge is 0.375 e. The monoisotopic (exact) mass is 236 g/mol. The molecule has 1 aliphatic heterocycles. The maximum atomic E-state index is 5.60. The molecule has 0 saturated carbocycles. The molecule has 0 aliphatic carbocycles. The Bertz CT molecular complexity index is 354. The molecular formula is C12H20N4O. The van der Waals surface area contributed by atoms with Crippen LogP contribution in [0.3, 0.4) is 0 Å². The van der Waals surface area contributed by atoms with Gasteiger partial charge in [0.2, 0.25) is 0 Å². The molecule has 2 unspecified atom stereocenters. The van der Waals surface area contributed by atoms with Crippen molar-refractivity contribution in [2.24, 2.45) is 0 Å². The summed E-state index contributed by atoms with van der Waals surface area (Å²) in [5.41, 5.74) is 0.963. The predicted octanol–water partition coefficient (Wildman–Crippen LogP) is 0.810. The van der Waals surface area contributed by atoms with Gasteiger partial charge in [0.25, 0.3) is 0 Å². The van der Waals surface area contributed by atoms with Gasteiger partial charge < -0.3 is 15.0 Å². The van der Waals surface area contributed by atoms with E-state index in [4.69, 9.17) is 4.74 Å². The van der Waals surface area contributed by atoms with Crippen molar-refractivity contribution < 1.29 is 4.74 Å². The topological polar surface area (TPSA) is 50.3 Å². The number of ether oxygens (including phenoxy) is 1. The first-order valence-corrected chi connectivity index (χ1v) is 6.04. The molecule has 1 N–H and O–H groups in total. The summed E-state index contributed by atoms with van der Waals surface area (Å²) in [7, 11) is 1.90. The molecule has 17 heavy (non-hydrogen) atoms. The molecular weight excluding hydrogens is 216 g/mol. The normalized spacial score (nSPS) is 25.0. The summed E-state index contributed by atoms with van der Waals surface area (Å²) in [6.45, 7) is 6.61. The van der Waals surface area contributed by atoms with Crippen molar-refractivity contribution in [1.29, 1.82) is 0 Å². The van der Waals surface area contributed by atoms with Crippen LogP contribution in [0.4, 0.5) is 5.82 Å². The van der Waals surface area contributed by atoms with Crippen molar-refractivity contribution in [3.8, 4) is 0 Å². The van der Waals surface area contributed by atoms with Crippen molar-refractivity contribution in [1.82, 2.24) is 15.3 Å². The fourth-order valence-corrected chi connectivity index (χ4v) is 1.99. The van der Waals surface area contributed by atoms with E-state index in [0.717, 1.165) is 31.2 Å². The molecule has 0 radical (unpaired) electrons. The first-order valence-electron chi connectivity index (χ1n) is 6.04. The Hall–Kier alpha value is -1.20. The Morgan fingerprint density at radius 3 is 2.88 bits per heavy atom. The highest BCUT2D eigenvalue weighted by molar-refractivity contribution is 5.38. The van der Waals surface area contributed by atoms with Gasteiger partial charge in [-0.3, -0.25) is 4.98 Å². The molecule has 0 aromatic carbocycles. The van der Waals surface area contributed by atoms with Crippen LogP contribution >= 0.6 is 0 Å². The van der Waals surface area contributed by atoms with E-state index >= 15 is 0 Å². The summed E-state index contributed by atoms with van der Waals surface area (Å²) >= 11 is 0. The quantitative estimate of drug-likeness (QED) is 0.841. The molecule has 1 aromatic heterocycles. The van der Waals surface area contributed by atoms with Gasteiger partial charge in [-0.25, -0.2) is 4.98 Å². The molecule has 2 rings (SSSR count). The van der Waals surface area contributed by atoms with Crippen LogP contribution in [-0.4, -0.2) is 42.3 Å². The Labute approximate surface area is 102 Å². The van der Waals surface area contributed by atoms with Gasteiger partial charge in [0.1, 0.15) is 5.82 Å². The molecule has 1 fully saturated rings. The van der Waals surface area contributed by atoms with Crippen LogP contribution < -0.4 is 10.2 Å². The maximum Gasteiger partial charge on any atom is 0.147 e. The molecule has 1 saturated heterocycles. The van der Waals surface area contributed by atoms with E-state index < -0.39 is 0 Å². The van der Waals surface area contributed by atoms with Crippen molar-refractivity contribution in [2.75, 3.05) is 25.1 Å². The Morgan fingerprint density at radius 2 is 2.24 bits per heavy atom.